The number of fused-ring (bicyclic) bond motifs is 1. The lowest BCUT2D eigenvalue weighted by Crippen LogP contribution is -2.25. The number of nitrogens with one attached hydrogen (secondary N) is 2. The first-order chi connectivity index (χ1) is 12.2. The van der Waals surface area contributed by atoms with E-state index in [9.17, 15) is 21.6 Å². The highest BCUT2D eigenvalue weighted by molar-refractivity contribution is 7.88. The Morgan fingerprint density at radius 2 is 1.77 bits per heavy atom. The summed E-state index contributed by atoms with van der Waals surface area (Å²) in [6.45, 7) is -0.0215. The van der Waals surface area contributed by atoms with E-state index < -0.39 is 22.1 Å². The van der Waals surface area contributed by atoms with Gasteiger partial charge in [0.1, 0.15) is 11.6 Å². The number of para-hydroxylation sites is 2. The minimum Gasteiger partial charge on any atom is -0.406 e. The van der Waals surface area contributed by atoms with E-state index in [0.717, 1.165) is 23.2 Å². The summed E-state index contributed by atoms with van der Waals surface area (Å²) in [6.07, 6.45) is -4.79. The lowest BCUT2D eigenvalue weighted by atomic mass is 10.2. The van der Waals surface area contributed by atoms with Crippen LogP contribution >= 0.6 is 0 Å². The molecule has 2 aromatic carbocycles. The highest BCUT2D eigenvalue weighted by atomic mass is 32.2. The van der Waals surface area contributed by atoms with Gasteiger partial charge in [-0.15, -0.1) is 13.2 Å². The summed E-state index contributed by atoms with van der Waals surface area (Å²) in [5.74, 6) is -0.322. The molecule has 0 saturated heterocycles. The quantitative estimate of drug-likeness (QED) is 0.683. The summed E-state index contributed by atoms with van der Waals surface area (Å²) in [4.78, 5) is 7.26. The number of alkyl halides is 3. The molecule has 0 spiro atoms. The molecule has 1 aromatic heterocycles. The van der Waals surface area contributed by atoms with Gasteiger partial charge in [-0.3, -0.25) is 0 Å². The van der Waals surface area contributed by atoms with Gasteiger partial charge in [0, 0.05) is 0 Å². The van der Waals surface area contributed by atoms with Gasteiger partial charge in [0.2, 0.25) is 10.0 Å². The predicted molar refractivity (Wildman–Crippen MR) is 88.7 cm³/mol. The largest absolute Gasteiger partial charge is 0.573 e. The van der Waals surface area contributed by atoms with Gasteiger partial charge in [-0.25, -0.2) is 18.1 Å². The summed E-state index contributed by atoms with van der Waals surface area (Å²) in [7, 11) is -3.69. The number of aromatic nitrogens is 2. The Bertz CT molecular complexity index is 966. The minimum absolute atomic E-state index is 0.0215. The van der Waals surface area contributed by atoms with Crippen LogP contribution in [0.15, 0.2) is 48.5 Å². The zero-order valence-corrected chi connectivity index (χ0v) is 14.1. The van der Waals surface area contributed by atoms with Gasteiger partial charge >= 0.3 is 6.36 Å². The summed E-state index contributed by atoms with van der Waals surface area (Å²) in [6, 6.07) is 11.9. The molecule has 0 saturated carbocycles. The first-order valence-corrected chi connectivity index (χ1v) is 9.11. The van der Waals surface area contributed by atoms with Gasteiger partial charge in [-0.2, -0.15) is 0 Å². The van der Waals surface area contributed by atoms with Crippen molar-refractivity contribution in [2.24, 2.45) is 0 Å². The number of imidazole rings is 1. The fourth-order valence-corrected chi connectivity index (χ4v) is 3.42. The van der Waals surface area contributed by atoms with Crippen LogP contribution in [0.25, 0.3) is 11.0 Å². The molecular formula is C16H14F3N3O3S. The summed E-state index contributed by atoms with van der Waals surface area (Å²) in [5.41, 5.74) is 1.85. The molecule has 0 amide bonds. The average Bonchev–Trinajstić information content (AvgIpc) is 2.96. The van der Waals surface area contributed by atoms with Gasteiger partial charge in [-0.1, -0.05) is 24.3 Å². The maximum absolute atomic E-state index is 12.1. The third-order valence-electron chi connectivity index (χ3n) is 3.41. The van der Waals surface area contributed by atoms with E-state index in [1.165, 1.54) is 12.1 Å². The normalized spacial score (nSPS) is 12.4. The Morgan fingerprint density at radius 3 is 2.42 bits per heavy atom. The Morgan fingerprint density at radius 1 is 1.08 bits per heavy atom. The summed E-state index contributed by atoms with van der Waals surface area (Å²) >= 11 is 0. The Hall–Kier alpha value is -2.59. The fraction of sp³-hybridized carbons (Fsp3) is 0.188. The van der Waals surface area contributed by atoms with Crippen molar-refractivity contribution in [3.63, 3.8) is 0 Å². The third kappa shape index (κ3) is 4.96. The second kappa shape index (κ2) is 6.96. The lowest BCUT2D eigenvalue weighted by molar-refractivity contribution is -0.274. The van der Waals surface area contributed by atoms with Crippen LogP contribution < -0.4 is 9.46 Å². The molecule has 10 heteroatoms. The topological polar surface area (TPSA) is 84.1 Å². The van der Waals surface area contributed by atoms with Gasteiger partial charge in [0.25, 0.3) is 0 Å². The van der Waals surface area contributed by atoms with Gasteiger partial charge in [0.15, 0.2) is 0 Å². The van der Waals surface area contributed by atoms with Crippen LogP contribution in [0.2, 0.25) is 0 Å². The van der Waals surface area contributed by atoms with Crippen LogP contribution in [-0.4, -0.2) is 24.7 Å². The van der Waals surface area contributed by atoms with Crippen molar-refractivity contribution in [1.82, 2.24) is 14.7 Å². The Labute approximate surface area is 147 Å². The molecule has 6 nitrogen and oxygen atoms in total. The number of halogens is 3. The lowest BCUT2D eigenvalue weighted by Gasteiger charge is -2.09. The molecule has 0 unspecified atom stereocenters. The van der Waals surface area contributed by atoms with Gasteiger partial charge < -0.3 is 9.72 Å². The second-order valence-corrected chi connectivity index (χ2v) is 7.28. The summed E-state index contributed by atoms with van der Waals surface area (Å²) < 4.78 is 66.8. The van der Waals surface area contributed by atoms with E-state index in [4.69, 9.17) is 0 Å². The first-order valence-electron chi connectivity index (χ1n) is 7.46. The first kappa shape index (κ1) is 18.2. The number of hydrogen-bond donors (Lipinski definition) is 2. The third-order valence-corrected chi connectivity index (χ3v) is 4.71. The highest BCUT2D eigenvalue weighted by Crippen LogP contribution is 2.23. The SMILES string of the molecule is O=S(=O)(Cc1ccc(OC(F)(F)F)cc1)NCc1nc2ccccc2[nH]1. The number of ether oxygens (including phenoxy) is 1. The van der Waals surface area contributed by atoms with E-state index in [1.54, 1.807) is 6.07 Å². The molecule has 0 aliphatic heterocycles. The number of benzene rings is 2. The van der Waals surface area contributed by atoms with E-state index in [2.05, 4.69) is 19.4 Å². The molecule has 0 fully saturated rings. The highest BCUT2D eigenvalue weighted by Gasteiger charge is 2.31. The number of rotatable bonds is 6. The predicted octanol–water partition coefficient (Wildman–Crippen LogP) is 3.08. The zero-order chi connectivity index (χ0) is 18.8. The molecule has 1 heterocycles. The number of H-pyrrole nitrogens is 1. The van der Waals surface area contributed by atoms with Crippen LogP contribution in [0, 0.1) is 0 Å². The maximum Gasteiger partial charge on any atom is 0.573 e. The van der Waals surface area contributed by atoms with Gasteiger partial charge in [0.05, 0.1) is 23.3 Å². The van der Waals surface area contributed by atoms with E-state index in [-0.39, 0.29) is 12.3 Å². The van der Waals surface area contributed by atoms with Crippen molar-refractivity contribution >= 4 is 21.1 Å². The molecule has 138 valence electrons. The van der Waals surface area contributed by atoms with E-state index >= 15 is 0 Å². The maximum atomic E-state index is 12.1. The monoisotopic (exact) mass is 385 g/mol. The molecular weight excluding hydrogens is 371 g/mol. The summed E-state index contributed by atoms with van der Waals surface area (Å²) in [5, 5.41) is 0. The van der Waals surface area contributed by atoms with Crippen LogP contribution in [-0.2, 0) is 22.3 Å². The molecule has 0 aliphatic carbocycles. The van der Waals surface area contributed by atoms with E-state index in [1.807, 2.05) is 18.2 Å². The molecule has 3 aromatic rings. The van der Waals surface area contributed by atoms with Crippen LogP contribution in [0.1, 0.15) is 11.4 Å². The molecule has 3 rings (SSSR count). The zero-order valence-electron chi connectivity index (χ0n) is 13.2. The van der Waals surface area contributed by atoms with Crippen molar-refractivity contribution in [3.8, 4) is 5.75 Å². The molecule has 0 atom stereocenters. The van der Waals surface area contributed by atoms with Crippen LogP contribution in [0.3, 0.4) is 0 Å². The molecule has 0 aliphatic rings. The Kier molecular flexibility index (Phi) is 4.88. The smallest absolute Gasteiger partial charge is 0.406 e. The van der Waals surface area contributed by atoms with Crippen molar-refractivity contribution in [3.05, 3.63) is 59.9 Å². The minimum atomic E-state index is -4.79. The fourth-order valence-electron chi connectivity index (χ4n) is 2.33. The van der Waals surface area contributed by atoms with Crippen molar-refractivity contribution in [2.75, 3.05) is 0 Å². The molecule has 0 radical (unpaired) electrons. The van der Waals surface area contributed by atoms with Crippen LogP contribution in [0.5, 0.6) is 5.75 Å². The number of sulfonamides is 1. The molecule has 0 bridgehead atoms. The van der Waals surface area contributed by atoms with Crippen molar-refractivity contribution in [2.45, 2.75) is 18.7 Å². The second-order valence-electron chi connectivity index (χ2n) is 5.47. The number of hydrogen-bond acceptors (Lipinski definition) is 4. The van der Waals surface area contributed by atoms with Crippen LogP contribution in [0.4, 0.5) is 13.2 Å². The van der Waals surface area contributed by atoms with Crippen molar-refractivity contribution in [1.29, 1.82) is 0 Å². The number of aromatic amines is 1. The number of nitrogens with zero attached hydrogens (tertiary/aromatic N) is 1. The van der Waals surface area contributed by atoms with Crippen molar-refractivity contribution < 1.29 is 26.3 Å². The molecule has 2 N–H and O–H groups in total. The standard InChI is InChI=1S/C16H14F3N3O3S/c17-16(18,19)25-12-7-5-11(6-8-12)10-26(23,24)20-9-15-21-13-3-1-2-4-14(13)22-15/h1-8,20H,9-10H2,(H,21,22). The Balaban J connectivity index is 1.61. The molecule has 26 heavy (non-hydrogen) atoms. The average molecular weight is 385 g/mol. The van der Waals surface area contributed by atoms with E-state index in [0.29, 0.717) is 11.4 Å². The van der Waals surface area contributed by atoms with Gasteiger partial charge in [-0.05, 0) is 29.8 Å².